The highest BCUT2D eigenvalue weighted by Gasteiger charge is 2.47. The number of nitrogens with two attached hydrogens (primary N) is 1. The van der Waals surface area contributed by atoms with E-state index in [1.165, 1.54) is 38.0 Å². The minimum atomic E-state index is 0.321. The van der Waals surface area contributed by atoms with E-state index in [-0.39, 0.29) is 0 Å². The molecule has 3 unspecified atom stereocenters. The predicted octanol–water partition coefficient (Wildman–Crippen LogP) is 2.08. The lowest BCUT2D eigenvalue weighted by Gasteiger charge is -2.44. The molecular formula is C12H24N2S. The van der Waals surface area contributed by atoms with Crippen molar-refractivity contribution in [3.63, 3.8) is 0 Å². The fourth-order valence-corrected chi connectivity index (χ4v) is 4.86. The van der Waals surface area contributed by atoms with Gasteiger partial charge < -0.3 is 5.73 Å². The maximum absolute atomic E-state index is 6.10. The van der Waals surface area contributed by atoms with E-state index in [4.69, 9.17) is 5.73 Å². The molecule has 0 aromatic heterocycles. The summed E-state index contributed by atoms with van der Waals surface area (Å²) in [5, 5.41) is 0.717. The number of likely N-dealkylation sites (tertiary alicyclic amines) is 1. The molecule has 2 aliphatic heterocycles. The second-order valence-electron chi connectivity index (χ2n) is 4.97. The van der Waals surface area contributed by atoms with Gasteiger partial charge in [-0.1, -0.05) is 13.8 Å². The highest BCUT2D eigenvalue weighted by Crippen LogP contribution is 2.43. The molecule has 2 saturated heterocycles. The molecule has 2 heterocycles. The molecule has 15 heavy (non-hydrogen) atoms. The summed E-state index contributed by atoms with van der Waals surface area (Å²) < 4.78 is 0. The number of rotatable bonds is 3. The van der Waals surface area contributed by atoms with E-state index in [0.29, 0.717) is 5.54 Å². The van der Waals surface area contributed by atoms with Gasteiger partial charge in [-0.15, -0.1) is 0 Å². The first-order valence-electron chi connectivity index (χ1n) is 6.33. The van der Waals surface area contributed by atoms with Crippen LogP contribution >= 0.6 is 11.8 Å². The average Bonchev–Trinajstić information content (AvgIpc) is 2.84. The molecule has 2 fully saturated rings. The van der Waals surface area contributed by atoms with Crippen LogP contribution in [0.25, 0.3) is 0 Å². The van der Waals surface area contributed by atoms with Gasteiger partial charge in [0, 0.05) is 23.4 Å². The van der Waals surface area contributed by atoms with Gasteiger partial charge in [-0.3, -0.25) is 4.90 Å². The summed E-state index contributed by atoms with van der Waals surface area (Å²) >= 11 is 2.11. The molecule has 0 aliphatic carbocycles. The standard InChI is InChI=1S/C12H24N2S/c1-3-11-5-4-7-14(11)12(9-13)6-8-15-10(12)2/h10-11H,3-9,13H2,1-2H3. The van der Waals surface area contributed by atoms with E-state index in [2.05, 4.69) is 30.5 Å². The van der Waals surface area contributed by atoms with Crippen LogP contribution in [0.15, 0.2) is 0 Å². The van der Waals surface area contributed by atoms with E-state index in [1.807, 2.05) is 0 Å². The van der Waals surface area contributed by atoms with Crippen LogP contribution in [-0.4, -0.2) is 40.6 Å². The van der Waals surface area contributed by atoms with Crippen LogP contribution in [0.5, 0.6) is 0 Å². The Labute approximate surface area is 98.0 Å². The highest BCUT2D eigenvalue weighted by molar-refractivity contribution is 8.00. The molecule has 88 valence electrons. The third-order valence-corrected chi connectivity index (χ3v) is 5.81. The van der Waals surface area contributed by atoms with Crippen molar-refractivity contribution in [1.29, 1.82) is 0 Å². The third-order valence-electron chi connectivity index (χ3n) is 4.43. The highest BCUT2D eigenvalue weighted by atomic mass is 32.2. The second kappa shape index (κ2) is 4.64. The molecule has 2 rings (SSSR count). The topological polar surface area (TPSA) is 29.3 Å². The zero-order valence-electron chi connectivity index (χ0n) is 10.0. The maximum Gasteiger partial charge on any atom is 0.0458 e. The van der Waals surface area contributed by atoms with Crippen molar-refractivity contribution in [2.45, 2.75) is 56.4 Å². The monoisotopic (exact) mass is 228 g/mol. The van der Waals surface area contributed by atoms with Crippen molar-refractivity contribution in [2.24, 2.45) is 5.73 Å². The Bertz CT molecular complexity index is 222. The number of thioether (sulfide) groups is 1. The van der Waals surface area contributed by atoms with Crippen molar-refractivity contribution in [3.05, 3.63) is 0 Å². The predicted molar refractivity (Wildman–Crippen MR) is 68.3 cm³/mol. The van der Waals surface area contributed by atoms with Gasteiger partial charge in [0.1, 0.15) is 0 Å². The van der Waals surface area contributed by atoms with E-state index in [9.17, 15) is 0 Å². The molecule has 2 nitrogen and oxygen atoms in total. The lowest BCUT2D eigenvalue weighted by Crippen LogP contribution is -2.58. The fourth-order valence-electron chi connectivity index (χ4n) is 3.38. The van der Waals surface area contributed by atoms with Crippen LogP contribution in [0.3, 0.4) is 0 Å². The van der Waals surface area contributed by atoms with Crippen molar-refractivity contribution < 1.29 is 0 Å². The largest absolute Gasteiger partial charge is 0.329 e. The van der Waals surface area contributed by atoms with Gasteiger partial charge in [-0.25, -0.2) is 0 Å². The van der Waals surface area contributed by atoms with Gasteiger partial charge in [0.05, 0.1) is 0 Å². The summed E-state index contributed by atoms with van der Waals surface area (Å²) in [5.41, 5.74) is 6.42. The molecule has 0 radical (unpaired) electrons. The molecule has 0 aromatic carbocycles. The van der Waals surface area contributed by atoms with Gasteiger partial charge in [0.2, 0.25) is 0 Å². The molecule has 0 spiro atoms. The SMILES string of the molecule is CCC1CCCN1C1(CN)CCSC1C. The summed E-state index contributed by atoms with van der Waals surface area (Å²) in [4.78, 5) is 2.75. The Morgan fingerprint density at radius 2 is 2.33 bits per heavy atom. The van der Waals surface area contributed by atoms with Crippen LogP contribution in [0.4, 0.5) is 0 Å². The summed E-state index contributed by atoms with van der Waals surface area (Å²) in [6.45, 7) is 6.81. The van der Waals surface area contributed by atoms with Gasteiger partial charge in [-0.05, 0) is 38.0 Å². The normalized spacial score (nSPS) is 42.6. The van der Waals surface area contributed by atoms with Crippen LogP contribution in [0, 0.1) is 0 Å². The summed E-state index contributed by atoms with van der Waals surface area (Å²) in [6.07, 6.45) is 5.35. The smallest absolute Gasteiger partial charge is 0.0458 e. The molecule has 0 aromatic rings. The number of nitrogens with zero attached hydrogens (tertiary/aromatic N) is 1. The maximum atomic E-state index is 6.10. The second-order valence-corrected chi connectivity index (χ2v) is 6.42. The first-order chi connectivity index (χ1) is 7.24. The Morgan fingerprint density at radius 1 is 1.53 bits per heavy atom. The molecule has 2 aliphatic rings. The Balaban J connectivity index is 2.17. The van der Waals surface area contributed by atoms with Gasteiger partial charge in [-0.2, -0.15) is 11.8 Å². The van der Waals surface area contributed by atoms with Crippen LogP contribution in [0.2, 0.25) is 0 Å². The fraction of sp³-hybridized carbons (Fsp3) is 1.00. The van der Waals surface area contributed by atoms with Gasteiger partial charge in [0.25, 0.3) is 0 Å². The average molecular weight is 228 g/mol. The van der Waals surface area contributed by atoms with Crippen molar-refractivity contribution in [2.75, 3.05) is 18.8 Å². The Hall–Kier alpha value is 0.270. The van der Waals surface area contributed by atoms with Crippen molar-refractivity contribution in [3.8, 4) is 0 Å². The molecular weight excluding hydrogens is 204 g/mol. The summed E-state index contributed by atoms with van der Waals surface area (Å²) in [7, 11) is 0. The summed E-state index contributed by atoms with van der Waals surface area (Å²) in [5.74, 6) is 1.30. The van der Waals surface area contributed by atoms with Crippen molar-refractivity contribution in [1.82, 2.24) is 4.90 Å². The number of hydrogen-bond acceptors (Lipinski definition) is 3. The summed E-state index contributed by atoms with van der Waals surface area (Å²) in [6, 6.07) is 0.801. The third kappa shape index (κ3) is 1.83. The van der Waals surface area contributed by atoms with E-state index in [1.54, 1.807) is 0 Å². The molecule has 0 bridgehead atoms. The van der Waals surface area contributed by atoms with Crippen LogP contribution in [-0.2, 0) is 0 Å². The van der Waals surface area contributed by atoms with E-state index in [0.717, 1.165) is 17.8 Å². The Morgan fingerprint density at radius 3 is 2.87 bits per heavy atom. The minimum Gasteiger partial charge on any atom is -0.329 e. The molecule has 3 atom stereocenters. The first kappa shape index (κ1) is 11.7. The first-order valence-corrected chi connectivity index (χ1v) is 7.38. The minimum absolute atomic E-state index is 0.321. The lowest BCUT2D eigenvalue weighted by atomic mass is 9.89. The lowest BCUT2D eigenvalue weighted by molar-refractivity contribution is 0.0816. The quantitative estimate of drug-likeness (QED) is 0.802. The molecule has 3 heteroatoms. The Kier molecular flexibility index (Phi) is 3.63. The number of hydrogen-bond donors (Lipinski definition) is 1. The van der Waals surface area contributed by atoms with Crippen molar-refractivity contribution >= 4 is 11.8 Å². The molecule has 0 amide bonds. The van der Waals surface area contributed by atoms with E-state index < -0.39 is 0 Å². The van der Waals surface area contributed by atoms with Gasteiger partial charge >= 0.3 is 0 Å². The van der Waals surface area contributed by atoms with E-state index >= 15 is 0 Å². The zero-order chi connectivity index (χ0) is 10.9. The van der Waals surface area contributed by atoms with Crippen LogP contribution < -0.4 is 5.73 Å². The van der Waals surface area contributed by atoms with Crippen LogP contribution in [0.1, 0.15) is 39.5 Å². The molecule has 2 N–H and O–H groups in total. The molecule has 0 saturated carbocycles. The van der Waals surface area contributed by atoms with Gasteiger partial charge in [0.15, 0.2) is 0 Å². The zero-order valence-corrected chi connectivity index (χ0v) is 10.9.